The molecule has 0 bridgehead atoms. The van der Waals surface area contributed by atoms with Crippen molar-refractivity contribution in [1.82, 2.24) is 0 Å². The summed E-state index contributed by atoms with van der Waals surface area (Å²) < 4.78 is 0. The molecule has 0 aliphatic rings. The molecule has 1 unspecified atom stereocenters. The molecule has 0 aliphatic carbocycles. The van der Waals surface area contributed by atoms with Gasteiger partial charge in [0.25, 0.3) is 0 Å². The molecule has 0 saturated carbocycles. The molecule has 0 rings (SSSR count). The third-order valence-electron chi connectivity index (χ3n) is 2.38. The monoisotopic (exact) mass is 196 g/mol. The van der Waals surface area contributed by atoms with Crippen molar-refractivity contribution < 1.29 is 9.59 Å². The summed E-state index contributed by atoms with van der Waals surface area (Å²) >= 11 is 0. The van der Waals surface area contributed by atoms with Crippen molar-refractivity contribution in [2.24, 2.45) is 9.98 Å². The average molecular weight is 196 g/mol. The largest absolute Gasteiger partial charge is 0.235 e. The molecule has 0 aromatic carbocycles. The average Bonchev–Trinajstić information content (AvgIpc) is 2.18. The zero-order valence-electron chi connectivity index (χ0n) is 8.75. The van der Waals surface area contributed by atoms with Crippen LogP contribution >= 0.6 is 0 Å². The van der Waals surface area contributed by atoms with Crippen LogP contribution < -0.4 is 0 Å². The minimum atomic E-state index is -0.299. The minimum absolute atomic E-state index is 0.299. The standard InChI is InChI=1S/C10H16N2O2/c1-3-10(2,12-9-14)6-4-5-7-11-8-13/h3-7H2,1-2H3. The summed E-state index contributed by atoms with van der Waals surface area (Å²) in [7, 11) is 0. The molecule has 0 aromatic rings. The van der Waals surface area contributed by atoms with Crippen molar-refractivity contribution in [3.63, 3.8) is 0 Å². The SMILES string of the molecule is CCC(C)(CCCCN=C=O)N=C=O. The quantitative estimate of drug-likeness (QED) is 0.355. The Kier molecular flexibility index (Phi) is 6.55. The van der Waals surface area contributed by atoms with Gasteiger partial charge >= 0.3 is 0 Å². The second-order valence-electron chi connectivity index (χ2n) is 3.48. The molecule has 0 aromatic heterocycles. The molecule has 0 radical (unpaired) electrons. The third kappa shape index (κ3) is 5.41. The predicted molar refractivity (Wildman–Crippen MR) is 53.7 cm³/mol. The van der Waals surface area contributed by atoms with E-state index in [1.54, 1.807) is 6.08 Å². The van der Waals surface area contributed by atoms with E-state index in [9.17, 15) is 9.59 Å². The summed E-state index contributed by atoms with van der Waals surface area (Å²) in [6, 6.07) is 0. The molecule has 4 nitrogen and oxygen atoms in total. The van der Waals surface area contributed by atoms with Gasteiger partial charge < -0.3 is 0 Å². The van der Waals surface area contributed by atoms with Gasteiger partial charge in [0.1, 0.15) is 0 Å². The molecule has 0 fully saturated rings. The lowest BCUT2D eigenvalue weighted by molar-refractivity contribution is 0.400. The van der Waals surface area contributed by atoms with E-state index in [-0.39, 0.29) is 5.54 Å². The first-order valence-corrected chi connectivity index (χ1v) is 4.81. The van der Waals surface area contributed by atoms with Gasteiger partial charge in [-0.15, -0.1) is 0 Å². The number of carbonyl (C=O) groups excluding carboxylic acids is 2. The summed E-state index contributed by atoms with van der Waals surface area (Å²) in [5.74, 6) is 0. The highest BCUT2D eigenvalue weighted by molar-refractivity contribution is 5.34. The minimum Gasteiger partial charge on any atom is -0.211 e. The molecular weight excluding hydrogens is 180 g/mol. The molecule has 14 heavy (non-hydrogen) atoms. The van der Waals surface area contributed by atoms with Gasteiger partial charge in [-0.25, -0.2) is 14.6 Å². The van der Waals surface area contributed by atoms with E-state index >= 15 is 0 Å². The summed E-state index contributed by atoms with van der Waals surface area (Å²) in [6.07, 6.45) is 6.48. The highest BCUT2D eigenvalue weighted by Crippen LogP contribution is 2.21. The van der Waals surface area contributed by atoms with Crippen LogP contribution in [0.5, 0.6) is 0 Å². The zero-order chi connectivity index (χ0) is 10.9. The van der Waals surface area contributed by atoms with Crippen LogP contribution in [0.25, 0.3) is 0 Å². The topological polar surface area (TPSA) is 58.9 Å². The highest BCUT2D eigenvalue weighted by atomic mass is 16.1. The van der Waals surface area contributed by atoms with Crippen molar-refractivity contribution in [3.05, 3.63) is 0 Å². The van der Waals surface area contributed by atoms with Gasteiger partial charge in [-0.3, -0.25) is 0 Å². The number of isocyanates is 2. The Labute approximate surface area is 84.1 Å². The molecule has 4 heteroatoms. The van der Waals surface area contributed by atoms with Gasteiger partial charge in [-0.1, -0.05) is 6.92 Å². The van der Waals surface area contributed by atoms with Crippen molar-refractivity contribution in [2.45, 2.75) is 45.1 Å². The van der Waals surface area contributed by atoms with Gasteiger partial charge in [0, 0.05) is 0 Å². The van der Waals surface area contributed by atoms with Crippen molar-refractivity contribution >= 4 is 12.2 Å². The van der Waals surface area contributed by atoms with Crippen LogP contribution in [-0.2, 0) is 9.59 Å². The second-order valence-corrected chi connectivity index (χ2v) is 3.48. The van der Waals surface area contributed by atoms with Crippen LogP contribution in [0.2, 0.25) is 0 Å². The van der Waals surface area contributed by atoms with Gasteiger partial charge in [-0.05, 0) is 32.6 Å². The summed E-state index contributed by atoms with van der Waals surface area (Å²) in [4.78, 5) is 27.1. The smallest absolute Gasteiger partial charge is 0.211 e. The predicted octanol–water partition coefficient (Wildman–Crippen LogP) is 2.00. The van der Waals surface area contributed by atoms with Gasteiger partial charge in [0.15, 0.2) is 0 Å². The second kappa shape index (κ2) is 7.19. The first-order chi connectivity index (χ1) is 6.68. The van der Waals surface area contributed by atoms with Crippen LogP contribution in [0, 0.1) is 0 Å². The number of aliphatic imine (C=N–C) groups is 2. The first kappa shape index (κ1) is 12.8. The van der Waals surface area contributed by atoms with E-state index in [0.717, 1.165) is 25.7 Å². The maximum atomic E-state index is 10.2. The molecular formula is C10H16N2O2. The molecule has 0 aliphatic heterocycles. The third-order valence-corrected chi connectivity index (χ3v) is 2.38. The van der Waals surface area contributed by atoms with Gasteiger partial charge in [0.05, 0.1) is 12.1 Å². The summed E-state index contributed by atoms with van der Waals surface area (Å²) in [5, 5.41) is 0. The van der Waals surface area contributed by atoms with Crippen molar-refractivity contribution in [1.29, 1.82) is 0 Å². The Balaban J connectivity index is 3.83. The Bertz CT molecular complexity index is 253. The lowest BCUT2D eigenvalue weighted by atomic mass is 9.93. The first-order valence-electron chi connectivity index (χ1n) is 4.81. The van der Waals surface area contributed by atoms with Crippen LogP contribution in [0.4, 0.5) is 0 Å². The van der Waals surface area contributed by atoms with E-state index in [2.05, 4.69) is 9.98 Å². The van der Waals surface area contributed by atoms with E-state index in [0.29, 0.717) is 6.54 Å². The number of unbranched alkanes of at least 4 members (excludes halogenated alkanes) is 1. The fraction of sp³-hybridized carbons (Fsp3) is 0.800. The van der Waals surface area contributed by atoms with Crippen LogP contribution in [0.15, 0.2) is 9.98 Å². The Hall–Kier alpha value is -1.24. The maximum absolute atomic E-state index is 10.2. The van der Waals surface area contributed by atoms with Crippen LogP contribution in [0.1, 0.15) is 39.5 Å². The zero-order valence-corrected chi connectivity index (χ0v) is 8.75. The van der Waals surface area contributed by atoms with Gasteiger partial charge in [-0.2, -0.15) is 4.99 Å². The molecule has 1 atom stereocenters. The van der Waals surface area contributed by atoms with E-state index in [1.165, 1.54) is 6.08 Å². The molecule has 0 saturated heterocycles. The molecule has 0 amide bonds. The fourth-order valence-electron chi connectivity index (χ4n) is 1.16. The molecule has 0 heterocycles. The van der Waals surface area contributed by atoms with Crippen molar-refractivity contribution in [2.75, 3.05) is 6.54 Å². The van der Waals surface area contributed by atoms with Crippen LogP contribution in [0.3, 0.4) is 0 Å². The number of hydrogen-bond donors (Lipinski definition) is 0. The van der Waals surface area contributed by atoms with Crippen molar-refractivity contribution in [3.8, 4) is 0 Å². The lowest BCUT2D eigenvalue weighted by Crippen LogP contribution is -2.20. The maximum Gasteiger partial charge on any atom is 0.235 e. The van der Waals surface area contributed by atoms with E-state index in [4.69, 9.17) is 0 Å². The van der Waals surface area contributed by atoms with E-state index in [1.807, 2.05) is 13.8 Å². The van der Waals surface area contributed by atoms with Crippen LogP contribution in [-0.4, -0.2) is 24.2 Å². The Morgan fingerprint density at radius 3 is 2.43 bits per heavy atom. The summed E-state index contributed by atoms with van der Waals surface area (Å²) in [6.45, 7) is 4.43. The number of rotatable bonds is 7. The Morgan fingerprint density at radius 1 is 1.21 bits per heavy atom. The lowest BCUT2D eigenvalue weighted by Gasteiger charge is -2.20. The number of nitrogens with zero attached hydrogens (tertiary/aromatic N) is 2. The molecule has 0 spiro atoms. The normalized spacial score (nSPS) is 13.6. The highest BCUT2D eigenvalue weighted by Gasteiger charge is 2.19. The fourth-order valence-corrected chi connectivity index (χ4v) is 1.16. The number of hydrogen-bond acceptors (Lipinski definition) is 4. The summed E-state index contributed by atoms with van der Waals surface area (Å²) in [5.41, 5.74) is -0.299. The molecule has 0 N–H and O–H groups in total. The Morgan fingerprint density at radius 2 is 1.93 bits per heavy atom. The molecule has 78 valence electrons. The van der Waals surface area contributed by atoms with E-state index < -0.39 is 0 Å². The van der Waals surface area contributed by atoms with Gasteiger partial charge in [0.2, 0.25) is 12.2 Å².